The highest BCUT2D eigenvalue weighted by Gasteiger charge is 2.03. The molecule has 0 saturated heterocycles. The number of hydrazine groups is 1. The number of hydrogen-bond acceptors (Lipinski definition) is 5. The van der Waals surface area contributed by atoms with Gasteiger partial charge in [-0.15, -0.1) is 0 Å². The topological polar surface area (TPSA) is 74.9 Å². The Morgan fingerprint density at radius 1 is 1.17 bits per heavy atom. The molecule has 0 aromatic heterocycles. The van der Waals surface area contributed by atoms with Crippen LogP contribution in [0.5, 0.6) is 11.5 Å². The second-order valence-corrected chi connectivity index (χ2v) is 5.46. The van der Waals surface area contributed by atoms with E-state index in [1.54, 1.807) is 31.4 Å². The van der Waals surface area contributed by atoms with Gasteiger partial charge < -0.3 is 19.7 Å². The Morgan fingerprint density at radius 3 is 2.43 bits per heavy atom. The van der Waals surface area contributed by atoms with Crippen molar-refractivity contribution in [2.24, 2.45) is 0 Å². The number of carbonyl (C=O) groups is 1. The summed E-state index contributed by atoms with van der Waals surface area (Å²) in [5.74, 6) is 0.998. The van der Waals surface area contributed by atoms with E-state index in [1.165, 1.54) is 0 Å². The minimum Gasteiger partial charge on any atom is -0.497 e. The minimum absolute atomic E-state index is 0.109. The number of benzene rings is 1. The normalized spacial score (nSPS) is 10.1. The van der Waals surface area contributed by atoms with Crippen LogP contribution in [0.4, 0.5) is 0 Å². The lowest BCUT2D eigenvalue weighted by atomic mass is 10.3. The van der Waals surface area contributed by atoms with Crippen LogP contribution in [-0.4, -0.2) is 56.8 Å². The van der Waals surface area contributed by atoms with Gasteiger partial charge >= 0.3 is 0 Å². The van der Waals surface area contributed by atoms with Gasteiger partial charge in [-0.25, -0.2) is 0 Å². The van der Waals surface area contributed by atoms with E-state index in [0.717, 1.165) is 25.3 Å². The maximum Gasteiger partial charge on any atom is 0.276 e. The van der Waals surface area contributed by atoms with Crippen molar-refractivity contribution in [1.82, 2.24) is 21.1 Å². The number of thiocarbonyl (C=S) groups is 1. The van der Waals surface area contributed by atoms with Crippen LogP contribution in [0.15, 0.2) is 24.3 Å². The molecule has 1 rings (SSSR count). The molecule has 0 aliphatic heterocycles. The summed E-state index contributed by atoms with van der Waals surface area (Å²) in [6.45, 7) is 1.60. The van der Waals surface area contributed by atoms with E-state index in [9.17, 15) is 4.79 Å². The van der Waals surface area contributed by atoms with Crippen LogP contribution in [0.25, 0.3) is 0 Å². The average molecular weight is 340 g/mol. The van der Waals surface area contributed by atoms with Gasteiger partial charge in [0.2, 0.25) is 0 Å². The smallest absolute Gasteiger partial charge is 0.276 e. The van der Waals surface area contributed by atoms with Gasteiger partial charge in [-0.1, -0.05) is 0 Å². The molecule has 0 spiro atoms. The number of nitrogens with zero attached hydrogens (tertiary/aromatic N) is 1. The van der Waals surface area contributed by atoms with E-state index in [2.05, 4.69) is 21.1 Å². The Hall–Kier alpha value is -2.06. The van der Waals surface area contributed by atoms with E-state index >= 15 is 0 Å². The molecule has 128 valence electrons. The van der Waals surface area contributed by atoms with Gasteiger partial charge in [-0.05, 0) is 63.5 Å². The first-order valence-corrected chi connectivity index (χ1v) is 7.66. The zero-order chi connectivity index (χ0) is 17.1. The van der Waals surface area contributed by atoms with Crippen molar-refractivity contribution in [3.05, 3.63) is 24.3 Å². The number of hydrogen-bond donors (Lipinski definition) is 3. The number of methoxy groups -OCH3 is 1. The average Bonchev–Trinajstić information content (AvgIpc) is 2.55. The summed E-state index contributed by atoms with van der Waals surface area (Å²) < 4.78 is 10.4. The molecule has 0 radical (unpaired) electrons. The summed E-state index contributed by atoms with van der Waals surface area (Å²) in [4.78, 5) is 13.7. The third-order valence-corrected chi connectivity index (χ3v) is 3.06. The zero-order valence-electron chi connectivity index (χ0n) is 13.7. The second kappa shape index (κ2) is 10.6. The maximum absolute atomic E-state index is 11.6. The lowest BCUT2D eigenvalue weighted by Crippen LogP contribution is -2.48. The van der Waals surface area contributed by atoms with E-state index in [1.807, 2.05) is 14.1 Å². The molecule has 0 atom stereocenters. The van der Waals surface area contributed by atoms with Gasteiger partial charge in [-0.2, -0.15) is 0 Å². The Balaban J connectivity index is 2.14. The van der Waals surface area contributed by atoms with Crippen LogP contribution in [0, 0.1) is 0 Å². The fourth-order valence-corrected chi connectivity index (χ4v) is 1.78. The van der Waals surface area contributed by atoms with Crippen molar-refractivity contribution in [1.29, 1.82) is 0 Å². The third-order valence-electron chi connectivity index (χ3n) is 2.81. The van der Waals surface area contributed by atoms with Crippen molar-refractivity contribution in [2.75, 3.05) is 40.9 Å². The molecule has 0 aliphatic carbocycles. The van der Waals surface area contributed by atoms with Crippen LogP contribution in [0.2, 0.25) is 0 Å². The zero-order valence-corrected chi connectivity index (χ0v) is 14.5. The highest BCUT2D eigenvalue weighted by Crippen LogP contribution is 2.16. The van der Waals surface area contributed by atoms with Crippen molar-refractivity contribution in [3.63, 3.8) is 0 Å². The lowest BCUT2D eigenvalue weighted by Gasteiger charge is -2.13. The van der Waals surface area contributed by atoms with Gasteiger partial charge in [0.05, 0.1) is 7.11 Å². The number of carbonyl (C=O) groups excluding carboxylic acids is 1. The Kier molecular flexibility index (Phi) is 8.78. The Morgan fingerprint density at radius 2 is 1.83 bits per heavy atom. The van der Waals surface area contributed by atoms with E-state index < -0.39 is 0 Å². The first kappa shape index (κ1) is 19.0. The van der Waals surface area contributed by atoms with Crippen LogP contribution in [0.1, 0.15) is 6.42 Å². The van der Waals surface area contributed by atoms with Crippen LogP contribution in [0.3, 0.4) is 0 Å². The maximum atomic E-state index is 11.6. The summed E-state index contributed by atoms with van der Waals surface area (Å²) in [6.07, 6.45) is 0.962. The molecule has 1 amide bonds. The van der Waals surface area contributed by atoms with Crippen molar-refractivity contribution in [2.45, 2.75) is 6.42 Å². The molecule has 0 fully saturated rings. The summed E-state index contributed by atoms with van der Waals surface area (Å²) in [5.41, 5.74) is 5.10. The van der Waals surface area contributed by atoms with E-state index in [4.69, 9.17) is 21.7 Å². The molecule has 0 unspecified atom stereocenters. The molecule has 1 aromatic carbocycles. The first-order chi connectivity index (χ1) is 11.0. The Bertz CT molecular complexity index is 494. The van der Waals surface area contributed by atoms with Crippen LogP contribution in [-0.2, 0) is 4.79 Å². The highest BCUT2D eigenvalue weighted by molar-refractivity contribution is 7.80. The van der Waals surface area contributed by atoms with Gasteiger partial charge in [0.15, 0.2) is 11.7 Å². The van der Waals surface area contributed by atoms with Gasteiger partial charge in [-0.3, -0.25) is 15.6 Å². The molecule has 0 aliphatic rings. The van der Waals surface area contributed by atoms with E-state index in [0.29, 0.717) is 10.9 Å². The van der Waals surface area contributed by atoms with Gasteiger partial charge in [0.1, 0.15) is 11.5 Å². The Labute approximate surface area is 142 Å². The van der Waals surface area contributed by atoms with Crippen LogP contribution < -0.4 is 25.6 Å². The predicted octanol–water partition coefficient (Wildman–Crippen LogP) is 0.521. The van der Waals surface area contributed by atoms with Crippen LogP contribution >= 0.6 is 12.2 Å². The van der Waals surface area contributed by atoms with Gasteiger partial charge in [0.25, 0.3) is 5.91 Å². The molecule has 0 saturated carbocycles. The SMILES string of the molecule is COc1ccc(OCC(=O)NNC(=S)NCCCN(C)C)cc1. The minimum atomic E-state index is -0.321. The number of nitrogens with one attached hydrogen (secondary N) is 3. The molecule has 0 bridgehead atoms. The lowest BCUT2D eigenvalue weighted by molar-refractivity contribution is -0.123. The molecule has 8 heteroatoms. The van der Waals surface area contributed by atoms with E-state index in [-0.39, 0.29) is 12.5 Å². The highest BCUT2D eigenvalue weighted by atomic mass is 32.1. The number of ether oxygens (including phenoxy) is 2. The van der Waals surface area contributed by atoms with Crippen molar-refractivity contribution in [3.8, 4) is 11.5 Å². The third kappa shape index (κ3) is 8.84. The molecule has 0 heterocycles. The molecule has 3 N–H and O–H groups in total. The summed E-state index contributed by atoms with van der Waals surface area (Å²) in [5, 5.41) is 3.38. The largest absolute Gasteiger partial charge is 0.497 e. The molecular formula is C15H24N4O3S. The fraction of sp³-hybridized carbons (Fsp3) is 0.467. The molecule has 1 aromatic rings. The summed E-state index contributed by atoms with van der Waals surface area (Å²) >= 11 is 5.05. The quantitative estimate of drug-likeness (QED) is 0.362. The standard InChI is InChI=1S/C15H24N4O3S/c1-19(2)10-4-9-16-15(23)18-17-14(20)11-22-13-7-5-12(21-3)6-8-13/h5-8H,4,9-11H2,1-3H3,(H,17,20)(H2,16,18,23). The first-order valence-electron chi connectivity index (χ1n) is 7.25. The fourth-order valence-electron chi connectivity index (χ4n) is 1.62. The monoisotopic (exact) mass is 340 g/mol. The van der Waals surface area contributed by atoms with Crippen molar-refractivity contribution < 1.29 is 14.3 Å². The number of amides is 1. The summed E-state index contributed by atoms with van der Waals surface area (Å²) in [6, 6.07) is 6.99. The number of rotatable bonds is 8. The molecule has 23 heavy (non-hydrogen) atoms. The predicted molar refractivity (Wildman–Crippen MR) is 93.5 cm³/mol. The molecular weight excluding hydrogens is 316 g/mol. The molecule has 7 nitrogen and oxygen atoms in total. The second-order valence-electron chi connectivity index (χ2n) is 5.05. The van der Waals surface area contributed by atoms with Crippen molar-refractivity contribution >= 4 is 23.2 Å². The summed E-state index contributed by atoms with van der Waals surface area (Å²) in [7, 11) is 5.62. The van der Waals surface area contributed by atoms with Gasteiger partial charge in [0, 0.05) is 6.54 Å².